The molecule has 0 atom stereocenters. The third kappa shape index (κ3) is 3.71. The number of H-pyrrole nitrogens is 1. The van der Waals surface area contributed by atoms with Gasteiger partial charge in [0.1, 0.15) is 12.1 Å². The maximum absolute atomic E-state index is 6.10. The van der Waals surface area contributed by atoms with Crippen molar-refractivity contribution in [1.29, 1.82) is 0 Å². The van der Waals surface area contributed by atoms with Crippen molar-refractivity contribution in [2.75, 3.05) is 18.4 Å². The normalized spacial score (nSPS) is 16.4. The number of aromatic amines is 1. The Bertz CT molecular complexity index is 872. The molecule has 0 radical (unpaired) electrons. The Hall–Kier alpha value is -1.89. The topological polar surface area (TPSA) is 69.7 Å². The molecule has 6 nitrogen and oxygen atoms in total. The first kappa shape index (κ1) is 16.6. The van der Waals surface area contributed by atoms with Crippen LogP contribution in [0.15, 0.2) is 30.7 Å². The summed E-state index contributed by atoms with van der Waals surface area (Å²) in [6.07, 6.45) is 5.44. The summed E-state index contributed by atoms with van der Waals surface area (Å²) in [5, 5.41) is 12.6. The lowest BCUT2D eigenvalue weighted by atomic mass is 10.0. The number of benzene rings is 1. The summed E-state index contributed by atoms with van der Waals surface area (Å²) in [6, 6.07) is 6.25. The molecular formula is C17H18Cl2N6. The van der Waals surface area contributed by atoms with Gasteiger partial charge in [0.25, 0.3) is 0 Å². The Morgan fingerprint density at radius 2 is 2.00 bits per heavy atom. The van der Waals surface area contributed by atoms with Gasteiger partial charge in [0.05, 0.1) is 21.6 Å². The molecule has 0 spiro atoms. The number of rotatable bonds is 4. The molecule has 2 N–H and O–H groups in total. The van der Waals surface area contributed by atoms with E-state index in [1.54, 1.807) is 12.5 Å². The van der Waals surface area contributed by atoms with E-state index in [-0.39, 0.29) is 0 Å². The summed E-state index contributed by atoms with van der Waals surface area (Å²) >= 11 is 12.1. The number of nitrogens with zero attached hydrogens (tertiary/aromatic N) is 4. The average Bonchev–Trinajstić information content (AvgIpc) is 3.10. The number of likely N-dealkylation sites (tertiary alicyclic amines) is 1. The van der Waals surface area contributed by atoms with Crippen LogP contribution in [-0.4, -0.2) is 44.2 Å². The molecule has 3 heterocycles. The summed E-state index contributed by atoms with van der Waals surface area (Å²) in [5.41, 5.74) is 1.95. The monoisotopic (exact) mass is 376 g/mol. The van der Waals surface area contributed by atoms with E-state index >= 15 is 0 Å². The number of halogens is 2. The van der Waals surface area contributed by atoms with Gasteiger partial charge >= 0.3 is 0 Å². The van der Waals surface area contributed by atoms with Crippen molar-refractivity contribution in [1.82, 2.24) is 25.1 Å². The molecule has 2 aromatic heterocycles. The molecule has 1 fully saturated rings. The van der Waals surface area contributed by atoms with Crippen LogP contribution in [0.4, 0.5) is 5.82 Å². The Kier molecular flexibility index (Phi) is 4.74. The van der Waals surface area contributed by atoms with Crippen molar-refractivity contribution in [3.8, 4) is 0 Å². The lowest BCUT2D eigenvalue weighted by molar-refractivity contribution is 0.211. The van der Waals surface area contributed by atoms with Crippen LogP contribution in [0.2, 0.25) is 10.0 Å². The van der Waals surface area contributed by atoms with Crippen LogP contribution in [0.5, 0.6) is 0 Å². The van der Waals surface area contributed by atoms with Gasteiger partial charge in [-0.1, -0.05) is 29.3 Å². The van der Waals surface area contributed by atoms with Crippen LogP contribution in [0.1, 0.15) is 18.4 Å². The van der Waals surface area contributed by atoms with E-state index in [9.17, 15) is 0 Å². The highest BCUT2D eigenvalue weighted by atomic mass is 35.5. The number of fused-ring (bicyclic) bond motifs is 1. The summed E-state index contributed by atoms with van der Waals surface area (Å²) in [4.78, 5) is 11.0. The first-order valence-electron chi connectivity index (χ1n) is 8.26. The quantitative estimate of drug-likeness (QED) is 0.725. The maximum atomic E-state index is 6.10. The molecular weight excluding hydrogens is 359 g/mol. The third-order valence-corrected chi connectivity index (χ3v) is 5.31. The molecule has 0 bridgehead atoms. The average molecular weight is 377 g/mol. The van der Waals surface area contributed by atoms with E-state index < -0.39 is 0 Å². The van der Waals surface area contributed by atoms with Crippen molar-refractivity contribution < 1.29 is 0 Å². The molecule has 3 aromatic rings. The SMILES string of the molecule is Clc1ccc(CN2CCC(Nc3ncnc4[nH]ncc34)CC2)cc1Cl. The smallest absolute Gasteiger partial charge is 0.160 e. The lowest BCUT2D eigenvalue weighted by Crippen LogP contribution is -2.38. The third-order valence-electron chi connectivity index (χ3n) is 4.57. The molecule has 8 heteroatoms. The number of aromatic nitrogens is 4. The van der Waals surface area contributed by atoms with E-state index in [0.717, 1.165) is 49.3 Å². The van der Waals surface area contributed by atoms with Crippen LogP contribution >= 0.6 is 23.2 Å². The summed E-state index contributed by atoms with van der Waals surface area (Å²) in [6.45, 7) is 2.94. The Labute approximate surface area is 155 Å². The van der Waals surface area contributed by atoms with E-state index in [1.165, 1.54) is 5.56 Å². The minimum absolute atomic E-state index is 0.401. The van der Waals surface area contributed by atoms with Crippen molar-refractivity contribution in [3.05, 3.63) is 46.3 Å². The van der Waals surface area contributed by atoms with Crippen molar-refractivity contribution in [2.24, 2.45) is 0 Å². The largest absolute Gasteiger partial charge is 0.367 e. The van der Waals surface area contributed by atoms with Crippen LogP contribution in [-0.2, 0) is 6.54 Å². The molecule has 130 valence electrons. The second-order valence-corrected chi connectivity index (χ2v) is 7.11. The fraction of sp³-hybridized carbons (Fsp3) is 0.353. The highest BCUT2D eigenvalue weighted by Gasteiger charge is 2.20. The molecule has 0 aliphatic carbocycles. The minimum Gasteiger partial charge on any atom is -0.367 e. The second-order valence-electron chi connectivity index (χ2n) is 6.30. The fourth-order valence-corrected chi connectivity index (χ4v) is 3.53. The van der Waals surface area contributed by atoms with E-state index in [2.05, 4.69) is 30.4 Å². The summed E-state index contributed by atoms with van der Waals surface area (Å²) in [7, 11) is 0. The van der Waals surface area contributed by atoms with Crippen molar-refractivity contribution in [2.45, 2.75) is 25.4 Å². The van der Waals surface area contributed by atoms with Gasteiger partial charge in [-0.15, -0.1) is 0 Å². The molecule has 0 unspecified atom stereocenters. The van der Waals surface area contributed by atoms with Gasteiger partial charge in [0.2, 0.25) is 0 Å². The maximum Gasteiger partial charge on any atom is 0.160 e. The molecule has 0 amide bonds. The highest BCUT2D eigenvalue weighted by molar-refractivity contribution is 6.42. The zero-order valence-corrected chi connectivity index (χ0v) is 15.1. The van der Waals surface area contributed by atoms with Crippen LogP contribution in [0, 0.1) is 0 Å². The molecule has 4 rings (SSSR count). The predicted octanol–water partition coefficient (Wildman–Crippen LogP) is 3.74. The molecule has 1 saturated heterocycles. The first-order chi connectivity index (χ1) is 12.2. The summed E-state index contributed by atoms with van der Waals surface area (Å²) in [5.74, 6) is 0.849. The van der Waals surface area contributed by atoms with Crippen LogP contribution < -0.4 is 5.32 Å². The number of hydrogen-bond donors (Lipinski definition) is 2. The number of hydrogen-bond acceptors (Lipinski definition) is 5. The van der Waals surface area contributed by atoms with Gasteiger partial charge in [0, 0.05) is 25.7 Å². The minimum atomic E-state index is 0.401. The molecule has 0 saturated carbocycles. The Balaban J connectivity index is 1.35. The van der Waals surface area contributed by atoms with E-state index in [1.807, 2.05) is 18.2 Å². The van der Waals surface area contributed by atoms with Gasteiger partial charge in [0.15, 0.2) is 5.65 Å². The highest BCUT2D eigenvalue weighted by Crippen LogP contribution is 2.25. The molecule has 1 aliphatic rings. The van der Waals surface area contributed by atoms with E-state index in [0.29, 0.717) is 16.1 Å². The van der Waals surface area contributed by atoms with Gasteiger partial charge < -0.3 is 5.32 Å². The molecule has 25 heavy (non-hydrogen) atoms. The number of anilines is 1. The lowest BCUT2D eigenvalue weighted by Gasteiger charge is -2.32. The Morgan fingerprint density at radius 1 is 1.16 bits per heavy atom. The van der Waals surface area contributed by atoms with Crippen LogP contribution in [0.3, 0.4) is 0 Å². The zero-order chi connectivity index (χ0) is 17.2. The van der Waals surface area contributed by atoms with E-state index in [4.69, 9.17) is 23.2 Å². The molecule has 1 aromatic carbocycles. The Morgan fingerprint density at radius 3 is 2.80 bits per heavy atom. The van der Waals surface area contributed by atoms with Gasteiger partial charge in [-0.05, 0) is 30.5 Å². The predicted molar refractivity (Wildman–Crippen MR) is 100 cm³/mol. The summed E-state index contributed by atoms with van der Waals surface area (Å²) < 4.78 is 0. The number of piperidine rings is 1. The van der Waals surface area contributed by atoms with Gasteiger partial charge in [-0.3, -0.25) is 10.00 Å². The second kappa shape index (κ2) is 7.15. The van der Waals surface area contributed by atoms with Crippen LogP contribution in [0.25, 0.3) is 11.0 Å². The molecule has 1 aliphatic heterocycles. The first-order valence-corrected chi connectivity index (χ1v) is 9.01. The van der Waals surface area contributed by atoms with Crippen molar-refractivity contribution >= 4 is 40.1 Å². The van der Waals surface area contributed by atoms with Gasteiger partial charge in [-0.2, -0.15) is 5.10 Å². The number of nitrogens with one attached hydrogen (secondary N) is 2. The van der Waals surface area contributed by atoms with Crippen molar-refractivity contribution in [3.63, 3.8) is 0 Å². The standard InChI is InChI=1S/C17H18Cl2N6/c18-14-2-1-11(7-15(14)19)9-25-5-3-12(4-6-25)23-16-13-8-22-24-17(13)21-10-20-16/h1-2,7-8,10,12H,3-6,9H2,(H2,20,21,22,23,24). The zero-order valence-electron chi connectivity index (χ0n) is 13.5. The van der Waals surface area contributed by atoms with Gasteiger partial charge in [-0.25, -0.2) is 9.97 Å². The fourth-order valence-electron chi connectivity index (χ4n) is 3.20.